The summed E-state index contributed by atoms with van der Waals surface area (Å²) in [6, 6.07) is 12.1. The summed E-state index contributed by atoms with van der Waals surface area (Å²) in [7, 11) is -3.61. The molecule has 1 amide bonds. The van der Waals surface area contributed by atoms with Gasteiger partial charge in [-0.25, -0.2) is 13.4 Å². The second-order valence-electron chi connectivity index (χ2n) is 7.52. The van der Waals surface area contributed by atoms with Gasteiger partial charge in [0.25, 0.3) is 0 Å². The second kappa shape index (κ2) is 10.8. The molecule has 0 aliphatic carbocycles. The van der Waals surface area contributed by atoms with Crippen LogP contribution >= 0.6 is 0 Å². The van der Waals surface area contributed by atoms with E-state index >= 15 is 0 Å². The Hall–Kier alpha value is -2.92. The zero-order valence-electron chi connectivity index (χ0n) is 17.7. The number of rotatable bonds is 8. The summed E-state index contributed by atoms with van der Waals surface area (Å²) in [5.41, 5.74) is 1.09. The summed E-state index contributed by atoms with van der Waals surface area (Å²) < 4.78 is 68.4. The van der Waals surface area contributed by atoms with Crippen molar-refractivity contribution in [2.75, 3.05) is 19.7 Å². The fourth-order valence-corrected chi connectivity index (χ4v) is 4.57. The lowest BCUT2D eigenvalue weighted by molar-refractivity contribution is -0.154. The van der Waals surface area contributed by atoms with Crippen molar-refractivity contribution in [1.29, 1.82) is 0 Å². The van der Waals surface area contributed by atoms with Gasteiger partial charge in [0.05, 0.1) is 0 Å². The largest absolute Gasteiger partial charge is 0.468 e. The molecule has 0 spiro atoms. The van der Waals surface area contributed by atoms with Gasteiger partial charge < -0.3 is 10.1 Å². The number of benzene rings is 1. The van der Waals surface area contributed by atoms with Crippen molar-refractivity contribution in [2.45, 2.75) is 25.6 Å². The maximum Gasteiger partial charge on any atom is 0.422 e. The van der Waals surface area contributed by atoms with Gasteiger partial charge in [-0.15, -0.1) is 0 Å². The average Bonchev–Trinajstić information content (AvgIpc) is 2.81. The number of alkyl halides is 3. The molecular formula is C22H24F3N3O4S. The lowest BCUT2D eigenvalue weighted by Gasteiger charge is -2.29. The number of carbonyl (C=O) groups excluding carboxylic acids is 1. The molecule has 0 radical (unpaired) electrons. The van der Waals surface area contributed by atoms with Gasteiger partial charge in [0.15, 0.2) is 6.61 Å². The number of carbonyl (C=O) groups is 1. The molecule has 178 valence electrons. The minimum atomic E-state index is -4.50. The van der Waals surface area contributed by atoms with Crippen LogP contribution in [0, 0.1) is 5.92 Å². The van der Waals surface area contributed by atoms with Crippen molar-refractivity contribution in [3.05, 3.63) is 65.2 Å². The van der Waals surface area contributed by atoms with Crippen molar-refractivity contribution < 1.29 is 31.1 Å². The first-order valence-electron chi connectivity index (χ1n) is 10.3. The van der Waals surface area contributed by atoms with Crippen LogP contribution in [0.25, 0.3) is 6.08 Å². The summed E-state index contributed by atoms with van der Waals surface area (Å²) in [6.45, 7) is -1.12. The van der Waals surface area contributed by atoms with Gasteiger partial charge in [-0.3, -0.25) is 4.79 Å². The van der Waals surface area contributed by atoms with Crippen LogP contribution in [-0.2, 0) is 21.4 Å². The number of aromatic nitrogens is 1. The van der Waals surface area contributed by atoms with Crippen LogP contribution in [0.15, 0.2) is 54.1 Å². The van der Waals surface area contributed by atoms with Crippen LogP contribution < -0.4 is 10.1 Å². The van der Waals surface area contributed by atoms with Crippen LogP contribution in [0.3, 0.4) is 0 Å². The summed E-state index contributed by atoms with van der Waals surface area (Å²) in [5, 5.41) is 3.84. The maximum absolute atomic E-state index is 12.6. The molecular weight excluding hydrogens is 459 g/mol. The van der Waals surface area contributed by atoms with Crippen LogP contribution in [0.1, 0.15) is 24.0 Å². The second-order valence-corrected chi connectivity index (χ2v) is 9.34. The van der Waals surface area contributed by atoms with Gasteiger partial charge in [-0.2, -0.15) is 17.5 Å². The number of hydrogen-bond donors (Lipinski definition) is 1. The highest BCUT2D eigenvalue weighted by atomic mass is 32.2. The molecule has 33 heavy (non-hydrogen) atoms. The third-order valence-corrected chi connectivity index (χ3v) is 6.66. The fourth-order valence-electron chi connectivity index (χ4n) is 3.35. The summed E-state index contributed by atoms with van der Waals surface area (Å²) in [4.78, 5) is 16.3. The van der Waals surface area contributed by atoms with Gasteiger partial charge >= 0.3 is 6.18 Å². The molecule has 0 atom stereocenters. The van der Waals surface area contributed by atoms with E-state index in [4.69, 9.17) is 4.74 Å². The molecule has 1 saturated heterocycles. The molecule has 0 unspecified atom stereocenters. The molecule has 11 heteroatoms. The van der Waals surface area contributed by atoms with E-state index < -0.39 is 28.7 Å². The Morgan fingerprint density at radius 3 is 2.52 bits per heavy atom. The molecule has 2 heterocycles. The molecule has 1 aromatic carbocycles. The number of hydrogen-bond acceptors (Lipinski definition) is 5. The standard InChI is InChI=1S/C22H24F3N3O4S/c23-22(24,25)16-32-21-19(7-4-11-26-21)15-27-20(29)18-8-12-28(13-9-18)33(30,31)14-10-17-5-2-1-3-6-17/h1-7,10-11,14,18H,8-9,12-13,15-16H2,(H,27,29)/b14-10+. The predicted molar refractivity (Wildman–Crippen MR) is 116 cm³/mol. The highest BCUT2D eigenvalue weighted by molar-refractivity contribution is 7.92. The van der Waals surface area contributed by atoms with Gasteiger partial charge in [0.2, 0.25) is 21.8 Å². The van der Waals surface area contributed by atoms with E-state index in [9.17, 15) is 26.4 Å². The third-order valence-electron chi connectivity index (χ3n) is 5.09. The Balaban J connectivity index is 1.50. The zero-order chi connectivity index (χ0) is 23.9. The van der Waals surface area contributed by atoms with E-state index in [0.29, 0.717) is 18.4 Å². The number of pyridine rings is 1. The third kappa shape index (κ3) is 7.57. The Kier molecular flexibility index (Phi) is 8.09. The SMILES string of the molecule is O=C(NCc1cccnc1OCC(F)(F)F)C1CCN(S(=O)(=O)/C=C/c2ccccc2)CC1. The first-order valence-corrected chi connectivity index (χ1v) is 11.8. The number of nitrogens with zero attached hydrogens (tertiary/aromatic N) is 2. The van der Waals surface area contributed by atoms with E-state index in [1.807, 2.05) is 18.2 Å². The fraction of sp³-hybridized carbons (Fsp3) is 0.364. The molecule has 1 fully saturated rings. The first-order chi connectivity index (χ1) is 15.6. The van der Waals surface area contributed by atoms with Gasteiger partial charge in [-0.05, 0) is 30.5 Å². The van der Waals surface area contributed by atoms with Gasteiger partial charge in [0, 0.05) is 42.7 Å². The minimum absolute atomic E-state index is 0.0435. The topological polar surface area (TPSA) is 88.6 Å². The number of piperidine rings is 1. The number of nitrogens with one attached hydrogen (secondary N) is 1. The molecule has 2 aromatic rings. The monoisotopic (exact) mass is 483 g/mol. The zero-order valence-corrected chi connectivity index (χ0v) is 18.5. The molecule has 1 aromatic heterocycles. The number of halogens is 3. The van der Waals surface area contributed by atoms with E-state index in [1.54, 1.807) is 12.1 Å². The lowest BCUT2D eigenvalue weighted by atomic mass is 9.97. The van der Waals surface area contributed by atoms with Crippen molar-refractivity contribution in [1.82, 2.24) is 14.6 Å². The van der Waals surface area contributed by atoms with Crippen molar-refractivity contribution in [3.8, 4) is 5.88 Å². The number of ether oxygens (including phenoxy) is 1. The highest BCUT2D eigenvalue weighted by Crippen LogP contribution is 2.23. The number of sulfonamides is 1. The summed E-state index contributed by atoms with van der Waals surface area (Å²) in [5.74, 6) is -0.885. The lowest BCUT2D eigenvalue weighted by Crippen LogP contribution is -2.42. The van der Waals surface area contributed by atoms with Crippen LogP contribution in [0.4, 0.5) is 13.2 Å². The van der Waals surface area contributed by atoms with Crippen LogP contribution in [0.2, 0.25) is 0 Å². The van der Waals surface area contributed by atoms with E-state index in [0.717, 1.165) is 11.0 Å². The predicted octanol–water partition coefficient (Wildman–Crippen LogP) is 3.35. The molecule has 1 aliphatic heterocycles. The van der Waals surface area contributed by atoms with Crippen molar-refractivity contribution in [3.63, 3.8) is 0 Å². The number of amides is 1. The highest BCUT2D eigenvalue weighted by Gasteiger charge is 2.31. The molecule has 1 N–H and O–H groups in total. The minimum Gasteiger partial charge on any atom is -0.468 e. The normalized spacial score (nSPS) is 16.1. The van der Waals surface area contributed by atoms with Crippen molar-refractivity contribution in [2.24, 2.45) is 5.92 Å². The first kappa shape index (κ1) is 24.7. The van der Waals surface area contributed by atoms with Crippen molar-refractivity contribution >= 4 is 22.0 Å². The summed E-state index contributed by atoms with van der Waals surface area (Å²) in [6.07, 6.45) is -0.980. The quantitative estimate of drug-likeness (QED) is 0.622. The smallest absolute Gasteiger partial charge is 0.422 e. The molecule has 7 nitrogen and oxygen atoms in total. The molecule has 0 bridgehead atoms. The Morgan fingerprint density at radius 1 is 1.15 bits per heavy atom. The van der Waals surface area contributed by atoms with E-state index in [1.165, 1.54) is 28.7 Å². The molecule has 0 saturated carbocycles. The summed E-state index contributed by atoms with van der Waals surface area (Å²) >= 11 is 0. The van der Waals surface area contributed by atoms with Gasteiger partial charge in [-0.1, -0.05) is 36.4 Å². The van der Waals surface area contributed by atoms with E-state index in [2.05, 4.69) is 10.3 Å². The van der Waals surface area contributed by atoms with E-state index in [-0.39, 0.29) is 31.4 Å². The van der Waals surface area contributed by atoms with Gasteiger partial charge in [0.1, 0.15) is 0 Å². The molecule has 3 rings (SSSR count). The Morgan fingerprint density at radius 2 is 1.85 bits per heavy atom. The maximum atomic E-state index is 12.6. The van der Waals surface area contributed by atoms with Crippen LogP contribution in [-0.4, -0.2) is 49.5 Å². The average molecular weight is 484 g/mol. The molecule has 1 aliphatic rings. The Labute approximate surface area is 190 Å². The van der Waals surface area contributed by atoms with Crippen LogP contribution in [0.5, 0.6) is 5.88 Å². The Bertz CT molecular complexity index is 1070.